The quantitative estimate of drug-likeness (QED) is 0.928. The molecule has 1 amide bonds. The van der Waals surface area contributed by atoms with Crippen LogP contribution in [-0.2, 0) is 4.79 Å². The molecule has 0 bridgehead atoms. The number of carbonyl (C=O) groups is 1. The zero-order chi connectivity index (χ0) is 13.8. The molecule has 20 heavy (non-hydrogen) atoms. The summed E-state index contributed by atoms with van der Waals surface area (Å²) < 4.78 is 18.5. The summed E-state index contributed by atoms with van der Waals surface area (Å²) in [7, 11) is 3.08. The number of rotatable bonds is 4. The molecule has 1 atom stereocenters. The van der Waals surface area contributed by atoms with Gasteiger partial charge in [-0.15, -0.1) is 12.4 Å². The molecule has 1 aromatic carbocycles. The van der Waals surface area contributed by atoms with Crippen molar-refractivity contribution in [3.05, 3.63) is 24.0 Å². The van der Waals surface area contributed by atoms with Gasteiger partial charge in [-0.3, -0.25) is 4.79 Å². The zero-order valence-electron chi connectivity index (χ0n) is 11.7. The molecule has 0 aliphatic carbocycles. The van der Waals surface area contributed by atoms with Gasteiger partial charge in [-0.25, -0.2) is 4.39 Å². The number of hydrogen-bond donors (Lipinski definition) is 1. The van der Waals surface area contributed by atoms with Crippen molar-refractivity contribution in [3.8, 4) is 5.75 Å². The molecule has 6 heteroatoms. The van der Waals surface area contributed by atoms with Gasteiger partial charge in [0.25, 0.3) is 0 Å². The Bertz CT molecular complexity index is 464. The van der Waals surface area contributed by atoms with Crippen molar-refractivity contribution in [1.82, 2.24) is 5.32 Å². The number of amides is 1. The molecular formula is C14H20ClFN2O2. The summed E-state index contributed by atoms with van der Waals surface area (Å²) in [6, 6.07) is 4.78. The first kappa shape index (κ1) is 16.7. The Balaban J connectivity index is 0.00000200. The number of hydrogen-bond acceptors (Lipinski definition) is 3. The maximum Gasteiger partial charge on any atom is 0.228 e. The van der Waals surface area contributed by atoms with E-state index in [1.165, 1.54) is 24.1 Å². The van der Waals surface area contributed by atoms with E-state index in [4.69, 9.17) is 4.74 Å². The van der Waals surface area contributed by atoms with Gasteiger partial charge in [-0.1, -0.05) is 0 Å². The third-order valence-electron chi connectivity index (χ3n) is 3.48. The number of carbonyl (C=O) groups excluding carboxylic acids is 1. The third kappa shape index (κ3) is 3.84. The van der Waals surface area contributed by atoms with Crippen LogP contribution in [0.5, 0.6) is 5.75 Å². The number of benzene rings is 1. The van der Waals surface area contributed by atoms with E-state index in [1.54, 1.807) is 13.1 Å². The second kappa shape index (κ2) is 7.45. The summed E-state index contributed by atoms with van der Waals surface area (Å²) >= 11 is 0. The Morgan fingerprint density at radius 1 is 1.55 bits per heavy atom. The van der Waals surface area contributed by atoms with E-state index in [2.05, 4.69) is 5.32 Å². The fourth-order valence-electron chi connectivity index (χ4n) is 2.29. The predicted octanol–water partition coefficient (Wildman–Crippen LogP) is 2.36. The van der Waals surface area contributed by atoms with Crippen LogP contribution in [0.15, 0.2) is 18.2 Å². The fraction of sp³-hybridized carbons (Fsp3) is 0.500. The molecule has 0 aromatic heterocycles. The van der Waals surface area contributed by atoms with E-state index in [-0.39, 0.29) is 30.1 Å². The summed E-state index contributed by atoms with van der Waals surface area (Å²) in [5.74, 6) is -0.287. The fourth-order valence-corrected chi connectivity index (χ4v) is 2.29. The normalized spacial score (nSPS) is 17.4. The first-order chi connectivity index (χ1) is 9.11. The highest BCUT2D eigenvalue weighted by atomic mass is 35.5. The SMILES string of the molecule is COc1ccc(N(C)C(=O)CC2CCCN2)cc1F.Cl. The summed E-state index contributed by atoms with van der Waals surface area (Å²) in [5.41, 5.74) is 0.543. The highest BCUT2D eigenvalue weighted by Gasteiger charge is 2.21. The average molecular weight is 303 g/mol. The number of methoxy groups -OCH3 is 1. The Morgan fingerprint density at radius 2 is 2.30 bits per heavy atom. The van der Waals surface area contributed by atoms with Crippen LogP contribution in [0.3, 0.4) is 0 Å². The van der Waals surface area contributed by atoms with Gasteiger partial charge >= 0.3 is 0 Å². The molecule has 1 N–H and O–H groups in total. The van der Waals surface area contributed by atoms with Crippen LogP contribution in [0.25, 0.3) is 0 Å². The third-order valence-corrected chi connectivity index (χ3v) is 3.48. The van der Waals surface area contributed by atoms with Crippen LogP contribution >= 0.6 is 12.4 Å². The summed E-state index contributed by atoms with van der Waals surface area (Å²) in [4.78, 5) is 13.6. The van der Waals surface area contributed by atoms with Gasteiger partial charge < -0.3 is 15.0 Å². The lowest BCUT2D eigenvalue weighted by molar-refractivity contribution is -0.118. The van der Waals surface area contributed by atoms with E-state index in [0.717, 1.165) is 19.4 Å². The number of nitrogens with one attached hydrogen (secondary N) is 1. The number of ether oxygens (including phenoxy) is 1. The first-order valence-electron chi connectivity index (χ1n) is 6.45. The summed E-state index contributed by atoms with van der Waals surface area (Å²) in [6.07, 6.45) is 2.58. The molecule has 1 unspecified atom stereocenters. The molecule has 1 aliphatic heterocycles. The van der Waals surface area contributed by atoms with Crippen molar-refractivity contribution < 1.29 is 13.9 Å². The first-order valence-corrected chi connectivity index (χ1v) is 6.45. The minimum absolute atomic E-state index is 0. The van der Waals surface area contributed by atoms with Crippen molar-refractivity contribution in [3.63, 3.8) is 0 Å². The molecule has 0 radical (unpaired) electrons. The second-order valence-corrected chi connectivity index (χ2v) is 4.77. The molecule has 0 saturated carbocycles. The largest absolute Gasteiger partial charge is 0.494 e. The highest BCUT2D eigenvalue weighted by Crippen LogP contribution is 2.23. The van der Waals surface area contributed by atoms with Gasteiger partial charge in [0, 0.05) is 31.3 Å². The average Bonchev–Trinajstić information content (AvgIpc) is 2.90. The lowest BCUT2D eigenvalue weighted by atomic mass is 10.1. The maximum absolute atomic E-state index is 13.6. The molecule has 1 saturated heterocycles. The van der Waals surface area contributed by atoms with Crippen LogP contribution < -0.4 is 15.0 Å². The molecule has 2 rings (SSSR count). The van der Waals surface area contributed by atoms with Crippen LogP contribution in [0.2, 0.25) is 0 Å². The van der Waals surface area contributed by atoms with E-state index in [9.17, 15) is 9.18 Å². The van der Waals surface area contributed by atoms with Gasteiger partial charge in [0.15, 0.2) is 11.6 Å². The Hall–Kier alpha value is -1.33. The lowest BCUT2D eigenvalue weighted by Crippen LogP contribution is -2.33. The topological polar surface area (TPSA) is 41.6 Å². The zero-order valence-corrected chi connectivity index (χ0v) is 12.5. The van der Waals surface area contributed by atoms with Crippen LogP contribution in [-0.4, -0.2) is 32.7 Å². The van der Waals surface area contributed by atoms with Crippen LogP contribution in [0.4, 0.5) is 10.1 Å². The van der Waals surface area contributed by atoms with Crippen molar-refractivity contribution in [2.75, 3.05) is 25.6 Å². The molecule has 4 nitrogen and oxygen atoms in total. The number of anilines is 1. The second-order valence-electron chi connectivity index (χ2n) is 4.77. The monoisotopic (exact) mass is 302 g/mol. The highest BCUT2D eigenvalue weighted by molar-refractivity contribution is 5.93. The number of nitrogens with zero attached hydrogens (tertiary/aromatic N) is 1. The molecule has 0 spiro atoms. The van der Waals surface area contributed by atoms with Gasteiger partial charge in [-0.05, 0) is 31.5 Å². The van der Waals surface area contributed by atoms with Crippen molar-refractivity contribution in [1.29, 1.82) is 0 Å². The van der Waals surface area contributed by atoms with Crippen molar-refractivity contribution in [2.45, 2.75) is 25.3 Å². The van der Waals surface area contributed by atoms with E-state index < -0.39 is 5.82 Å². The van der Waals surface area contributed by atoms with Gasteiger partial charge in [0.2, 0.25) is 5.91 Å². The minimum atomic E-state index is -0.460. The van der Waals surface area contributed by atoms with E-state index in [1.807, 2.05) is 0 Å². The molecule has 112 valence electrons. The minimum Gasteiger partial charge on any atom is -0.494 e. The molecule has 1 aliphatic rings. The van der Waals surface area contributed by atoms with E-state index >= 15 is 0 Å². The van der Waals surface area contributed by atoms with Crippen LogP contribution in [0.1, 0.15) is 19.3 Å². The predicted molar refractivity (Wildman–Crippen MR) is 79.3 cm³/mol. The lowest BCUT2D eigenvalue weighted by Gasteiger charge is -2.20. The molecular weight excluding hydrogens is 283 g/mol. The van der Waals surface area contributed by atoms with E-state index in [0.29, 0.717) is 12.1 Å². The summed E-state index contributed by atoms with van der Waals surface area (Å²) in [5, 5.41) is 3.28. The Morgan fingerprint density at radius 3 is 2.85 bits per heavy atom. The number of halogens is 2. The standard InChI is InChI=1S/C14H19FN2O2.ClH/c1-17(14(18)8-10-4-3-7-16-10)11-5-6-13(19-2)12(15)9-11;/h5-6,9-10,16H,3-4,7-8H2,1-2H3;1H. The smallest absolute Gasteiger partial charge is 0.228 e. The molecule has 1 fully saturated rings. The van der Waals surface area contributed by atoms with Crippen molar-refractivity contribution >= 4 is 24.0 Å². The van der Waals surface area contributed by atoms with Crippen molar-refractivity contribution in [2.24, 2.45) is 0 Å². The van der Waals surface area contributed by atoms with Gasteiger partial charge in [0.1, 0.15) is 0 Å². The van der Waals surface area contributed by atoms with Gasteiger partial charge in [0.05, 0.1) is 7.11 Å². The molecule has 1 aromatic rings. The van der Waals surface area contributed by atoms with Gasteiger partial charge in [-0.2, -0.15) is 0 Å². The molecule has 1 heterocycles. The van der Waals surface area contributed by atoms with Crippen LogP contribution in [0, 0.1) is 5.82 Å². The Kier molecular flexibility index (Phi) is 6.23. The maximum atomic E-state index is 13.6. The summed E-state index contributed by atoms with van der Waals surface area (Å²) in [6.45, 7) is 0.971. The Labute approximate surface area is 124 Å².